The molecule has 0 heterocycles. The maximum Gasteiger partial charge on any atom is 0.338 e. The fourth-order valence-electron chi connectivity index (χ4n) is 4.05. The van der Waals surface area contributed by atoms with Gasteiger partial charge in [-0.25, -0.2) is 4.79 Å². The summed E-state index contributed by atoms with van der Waals surface area (Å²) in [5.41, 5.74) is 1.86. The van der Waals surface area contributed by atoms with Gasteiger partial charge >= 0.3 is 11.9 Å². The predicted molar refractivity (Wildman–Crippen MR) is 111 cm³/mol. The molecule has 1 aromatic rings. The van der Waals surface area contributed by atoms with Crippen LogP contribution in [0.5, 0.6) is 0 Å². The fraction of sp³-hybridized carbons (Fsp3) is 0.667. The van der Waals surface area contributed by atoms with Crippen LogP contribution in [0.3, 0.4) is 0 Å². The van der Waals surface area contributed by atoms with Crippen molar-refractivity contribution >= 4 is 11.9 Å². The largest absolute Gasteiger partial charge is 0.459 e. The number of hydrogen-bond donors (Lipinski definition) is 0. The average molecular weight is 389 g/mol. The van der Waals surface area contributed by atoms with E-state index >= 15 is 0 Å². The Balaban J connectivity index is 1.83. The van der Waals surface area contributed by atoms with E-state index in [0.717, 1.165) is 5.92 Å². The number of rotatable bonds is 9. The minimum Gasteiger partial charge on any atom is -0.459 e. The van der Waals surface area contributed by atoms with Crippen LogP contribution in [0, 0.1) is 5.92 Å². The first kappa shape index (κ1) is 22.4. The second-order valence-electron chi connectivity index (χ2n) is 8.26. The van der Waals surface area contributed by atoms with E-state index in [1.54, 1.807) is 13.8 Å². The molecule has 1 aromatic carbocycles. The molecule has 0 saturated heterocycles. The second kappa shape index (κ2) is 11.2. The van der Waals surface area contributed by atoms with Crippen molar-refractivity contribution in [3.63, 3.8) is 0 Å². The van der Waals surface area contributed by atoms with Gasteiger partial charge in [0.05, 0.1) is 5.56 Å². The zero-order valence-electron chi connectivity index (χ0n) is 17.9. The van der Waals surface area contributed by atoms with Crippen LogP contribution in [0.25, 0.3) is 0 Å². The Bertz CT molecular complexity index is 614. The number of hydrogen-bond acceptors (Lipinski definition) is 4. The molecule has 2 atom stereocenters. The van der Waals surface area contributed by atoms with Gasteiger partial charge in [0.25, 0.3) is 0 Å². The lowest BCUT2D eigenvalue weighted by Crippen LogP contribution is -2.30. The van der Waals surface area contributed by atoms with Crippen LogP contribution in [-0.2, 0) is 14.3 Å². The van der Waals surface area contributed by atoms with Crippen LogP contribution in [0.1, 0.15) is 101 Å². The van der Waals surface area contributed by atoms with Gasteiger partial charge in [0.1, 0.15) is 12.2 Å². The summed E-state index contributed by atoms with van der Waals surface area (Å²) in [6.45, 7) is 7.07. The van der Waals surface area contributed by atoms with Gasteiger partial charge in [-0.15, -0.1) is 0 Å². The van der Waals surface area contributed by atoms with Crippen molar-refractivity contribution in [2.45, 2.75) is 97.2 Å². The van der Waals surface area contributed by atoms with E-state index in [-0.39, 0.29) is 11.9 Å². The molecule has 0 aliphatic heterocycles. The maximum atomic E-state index is 12.3. The summed E-state index contributed by atoms with van der Waals surface area (Å²) in [4.78, 5) is 23.4. The van der Waals surface area contributed by atoms with E-state index in [2.05, 4.69) is 19.1 Å². The molecule has 1 aliphatic rings. The van der Waals surface area contributed by atoms with Crippen LogP contribution in [0.2, 0.25) is 0 Å². The number of unbranched alkanes of at least 4 members (excludes halogenated alkanes) is 2. The minimum absolute atomic E-state index is 0.375. The summed E-state index contributed by atoms with van der Waals surface area (Å²) in [5, 5.41) is 0. The molecule has 1 fully saturated rings. The van der Waals surface area contributed by atoms with Crippen LogP contribution < -0.4 is 0 Å². The summed E-state index contributed by atoms with van der Waals surface area (Å²) in [6.07, 6.45) is 9.60. The molecule has 2 rings (SSSR count). The molecule has 4 heteroatoms. The molecule has 0 amide bonds. The summed E-state index contributed by atoms with van der Waals surface area (Å²) in [7, 11) is 0. The van der Waals surface area contributed by atoms with Gasteiger partial charge in [-0.3, -0.25) is 4.79 Å². The van der Waals surface area contributed by atoms with Crippen LogP contribution >= 0.6 is 0 Å². The van der Waals surface area contributed by atoms with Gasteiger partial charge in [-0.05, 0) is 69.1 Å². The zero-order valence-corrected chi connectivity index (χ0v) is 17.9. The molecule has 156 valence electrons. The maximum absolute atomic E-state index is 12.3. The normalized spacial score (nSPS) is 21.6. The Kier molecular flexibility index (Phi) is 9.01. The van der Waals surface area contributed by atoms with Crippen molar-refractivity contribution in [1.82, 2.24) is 0 Å². The summed E-state index contributed by atoms with van der Waals surface area (Å²) in [5.74, 6) is 0.755. The first-order valence-corrected chi connectivity index (χ1v) is 10.9. The lowest BCUT2D eigenvalue weighted by atomic mass is 9.77. The Labute approximate surface area is 170 Å². The second-order valence-corrected chi connectivity index (χ2v) is 8.26. The highest BCUT2D eigenvalue weighted by atomic mass is 16.6. The van der Waals surface area contributed by atoms with Gasteiger partial charge in [-0.2, -0.15) is 0 Å². The standard InChI is InChI=1S/C24H36O4/c1-5-6-7-8-20-9-11-21(12-10-20)22-13-15-23(16-14-22)24(26)28-18(3)17(2)27-19(4)25/h13-18,20-21H,5-12H2,1-4H3/t17?,18?,20-,21-. The topological polar surface area (TPSA) is 52.6 Å². The molecular formula is C24H36O4. The van der Waals surface area contributed by atoms with Gasteiger partial charge < -0.3 is 9.47 Å². The molecule has 0 radical (unpaired) electrons. The van der Waals surface area contributed by atoms with E-state index in [1.165, 1.54) is 63.9 Å². The molecule has 4 nitrogen and oxygen atoms in total. The summed E-state index contributed by atoms with van der Waals surface area (Å²) < 4.78 is 10.5. The van der Waals surface area contributed by atoms with Gasteiger partial charge in [0, 0.05) is 6.92 Å². The van der Waals surface area contributed by atoms with Crippen molar-refractivity contribution in [1.29, 1.82) is 0 Å². The molecule has 0 bridgehead atoms. The number of ether oxygens (including phenoxy) is 2. The van der Waals surface area contributed by atoms with Crippen LogP contribution in [0.15, 0.2) is 24.3 Å². The van der Waals surface area contributed by atoms with E-state index in [1.807, 2.05) is 12.1 Å². The van der Waals surface area contributed by atoms with Gasteiger partial charge in [0.15, 0.2) is 0 Å². The average Bonchev–Trinajstić information content (AvgIpc) is 2.68. The SMILES string of the molecule is CCCCC[C@H]1CC[C@H](c2ccc(C(=O)OC(C)C(C)OC(C)=O)cc2)CC1. The lowest BCUT2D eigenvalue weighted by molar-refractivity contribution is -0.150. The third kappa shape index (κ3) is 6.96. The highest BCUT2D eigenvalue weighted by Crippen LogP contribution is 2.37. The van der Waals surface area contributed by atoms with Crippen molar-refractivity contribution < 1.29 is 19.1 Å². The predicted octanol–water partition coefficient (Wildman–Crippen LogP) is 6.04. The number of benzene rings is 1. The van der Waals surface area contributed by atoms with Crippen LogP contribution in [-0.4, -0.2) is 24.1 Å². The monoisotopic (exact) mass is 388 g/mol. The van der Waals surface area contributed by atoms with Gasteiger partial charge in [0.2, 0.25) is 0 Å². The molecular weight excluding hydrogens is 352 g/mol. The molecule has 0 N–H and O–H groups in total. The Morgan fingerprint density at radius 3 is 2.14 bits per heavy atom. The highest BCUT2D eigenvalue weighted by Gasteiger charge is 2.23. The Morgan fingerprint density at radius 1 is 0.964 bits per heavy atom. The first-order chi connectivity index (χ1) is 13.4. The lowest BCUT2D eigenvalue weighted by Gasteiger charge is -2.29. The first-order valence-electron chi connectivity index (χ1n) is 10.9. The zero-order chi connectivity index (χ0) is 20.5. The third-order valence-corrected chi connectivity index (χ3v) is 5.99. The van der Waals surface area contributed by atoms with E-state index < -0.39 is 12.2 Å². The third-order valence-electron chi connectivity index (χ3n) is 5.99. The van der Waals surface area contributed by atoms with Crippen LogP contribution in [0.4, 0.5) is 0 Å². The summed E-state index contributed by atoms with van der Waals surface area (Å²) >= 11 is 0. The van der Waals surface area contributed by atoms with E-state index in [0.29, 0.717) is 11.5 Å². The quantitative estimate of drug-likeness (QED) is 0.382. The number of esters is 2. The van der Waals surface area contributed by atoms with E-state index in [4.69, 9.17) is 9.47 Å². The van der Waals surface area contributed by atoms with Crippen molar-refractivity contribution in [3.8, 4) is 0 Å². The molecule has 28 heavy (non-hydrogen) atoms. The molecule has 0 aromatic heterocycles. The molecule has 2 unspecified atom stereocenters. The highest BCUT2D eigenvalue weighted by molar-refractivity contribution is 5.89. The molecule has 1 saturated carbocycles. The fourth-order valence-corrected chi connectivity index (χ4v) is 4.05. The van der Waals surface area contributed by atoms with Crippen molar-refractivity contribution in [3.05, 3.63) is 35.4 Å². The minimum atomic E-state index is -0.487. The van der Waals surface area contributed by atoms with Gasteiger partial charge in [-0.1, -0.05) is 44.7 Å². The molecule has 0 spiro atoms. The summed E-state index contributed by atoms with van der Waals surface area (Å²) in [6, 6.07) is 7.85. The molecule has 1 aliphatic carbocycles. The number of carbonyl (C=O) groups is 2. The number of carbonyl (C=O) groups excluding carboxylic acids is 2. The van der Waals surface area contributed by atoms with E-state index in [9.17, 15) is 9.59 Å². The Morgan fingerprint density at radius 2 is 1.57 bits per heavy atom. The van der Waals surface area contributed by atoms with Crippen molar-refractivity contribution in [2.24, 2.45) is 5.92 Å². The van der Waals surface area contributed by atoms with Crippen molar-refractivity contribution in [2.75, 3.05) is 0 Å². The Hall–Kier alpha value is -1.84. The smallest absolute Gasteiger partial charge is 0.338 e.